The normalized spacial score (nSPS) is 15.3. The fourth-order valence-corrected chi connectivity index (χ4v) is 3.71. The van der Waals surface area contributed by atoms with E-state index in [1.807, 2.05) is 54.6 Å². The minimum atomic E-state index is -0.0796. The molecule has 0 aliphatic carbocycles. The van der Waals surface area contributed by atoms with E-state index < -0.39 is 0 Å². The number of carbonyl (C=O) groups is 1. The van der Waals surface area contributed by atoms with Crippen LogP contribution in [0.3, 0.4) is 0 Å². The van der Waals surface area contributed by atoms with Gasteiger partial charge in [0.2, 0.25) is 0 Å². The molecule has 2 heterocycles. The van der Waals surface area contributed by atoms with E-state index in [9.17, 15) is 4.79 Å². The van der Waals surface area contributed by atoms with Crippen molar-refractivity contribution >= 4 is 5.91 Å². The van der Waals surface area contributed by atoms with Crippen LogP contribution in [0, 0.1) is 5.92 Å². The van der Waals surface area contributed by atoms with E-state index in [4.69, 9.17) is 14.2 Å². The van der Waals surface area contributed by atoms with Gasteiger partial charge in [-0.1, -0.05) is 24.3 Å². The maximum atomic E-state index is 13.4. The minimum Gasteiger partial charge on any atom is -0.497 e. The summed E-state index contributed by atoms with van der Waals surface area (Å²) < 4.78 is 16.7. The summed E-state index contributed by atoms with van der Waals surface area (Å²) in [7, 11) is 1.60. The molecule has 166 valence electrons. The number of carbonyl (C=O) groups excluding carboxylic acids is 1. The smallest absolute Gasteiger partial charge is 0.254 e. The fraction of sp³-hybridized carbons (Fsp3) is 0.308. The van der Waals surface area contributed by atoms with E-state index in [-0.39, 0.29) is 5.91 Å². The van der Waals surface area contributed by atoms with Gasteiger partial charge in [0, 0.05) is 30.8 Å². The minimum absolute atomic E-state index is 0.0796. The zero-order chi connectivity index (χ0) is 22.2. The topological polar surface area (TPSA) is 60.9 Å². The number of pyridine rings is 1. The molecule has 0 N–H and O–H groups in total. The lowest BCUT2D eigenvalue weighted by atomic mass is 10.1. The van der Waals surface area contributed by atoms with Crippen LogP contribution in [-0.4, -0.2) is 42.7 Å². The molecule has 0 spiro atoms. The Labute approximate surface area is 188 Å². The second kappa shape index (κ2) is 10.8. The van der Waals surface area contributed by atoms with Crippen molar-refractivity contribution in [2.75, 3.05) is 26.9 Å². The van der Waals surface area contributed by atoms with Crippen molar-refractivity contribution in [3.8, 4) is 11.5 Å². The molecule has 1 aliphatic rings. The molecule has 0 saturated carbocycles. The largest absolute Gasteiger partial charge is 0.497 e. The van der Waals surface area contributed by atoms with Gasteiger partial charge in [0.25, 0.3) is 5.91 Å². The predicted molar refractivity (Wildman–Crippen MR) is 122 cm³/mol. The van der Waals surface area contributed by atoms with Gasteiger partial charge in [0.05, 0.1) is 32.6 Å². The van der Waals surface area contributed by atoms with E-state index in [0.717, 1.165) is 36.6 Å². The van der Waals surface area contributed by atoms with Crippen molar-refractivity contribution in [3.63, 3.8) is 0 Å². The second-order valence-electron chi connectivity index (χ2n) is 7.90. The van der Waals surface area contributed by atoms with E-state index in [1.54, 1.807) is 30.3 Å². The number of methoxy groups -OCH3 is 1. The molecule has 1 saturated heterocycles. The zero-order valence-corrected chi connectivity index (χ0v) is 18.3. The number of hydrogen-bond donors (Lipinski definition) is 0. The van der Waals surface area contributed by atoms with Gasteiger partial charge in [-0.15, -0.1) is 0 Å². The Morgan fingerprint density at radius 1 is 1.06 bits per heavy atom. The number of rotatable bonds is 9. The van der Waals surface area contributed by atoms with Crippen molar-refractivity contribution in [1.82, 2.24) is 9.88 Å². The summed E-state index contributed by atoms with van der Waals surface area (Å²) in [5.41, 5.74) is 2.41. The predicted octanol–water partition coefficient (Wildman–Crippen LogP) is 4.35. The third-order valence-corrected chi connectivity index (χ3v) is 5.46. The number of benzene rings is 2. The molecule has 2 aromatic carbocycles. The van der Waals surface area contributed by atoms with E-state index in [2.05, 4.69) is 4.98 Å². The second-order valence-corrected chi connectivity index (χ2v) is 7.90. The van der Waals surface area contributed by atoms with Gasteiger partial charge in [-0.25, -0.2) is 0 Å². The number of ether oxygens (including phenoxy) is 3. The molecule has 0 bridgehead atoms. The van der Waals surface area contributed by atoms with E-state index >= 15 is 0 Å². The van der Waals surface area contributed by atoms with Gasteiger partial charge in [0.15, 0.2) is 0 Å². The Kier molecular flexibility index (Phi) is 7.35. The molecular formula is C26H28N2O4. The van der Waals surface area contributed by atoms with Crippen molar-refractivity contribution < 1.29 is 19.0 Å². The molecule has 1 aliphatic heterocycles. The lowest BCUT2D eigenvalue weighted by molar-refractivity contribution is 0.0727. The molecule has 1 fully saturated rings. The van der Waals surface area contributed by atoms with Crippen LogP contribution in [0.25, 0.3) is 0 Å². The van der Waals surface area contributed by atoms with Crippen LogP contribution < -0.4 is 9.47 Å². The first-order valence-electron chi connectivity index (χ1n) is 10.8. The molecule has 3 aromatic rings. The highest BCUT2D eigenvalue weighted by Crippen LogP contribution is 2.21. The van der Waals surface area contributed by atoms with Crippen LogP contribution in [0.15, 0.2) is 72.9 Å². The third kappa shape index (κ3) is 5.86. The number of amides is 1. The van der Waals surface area contributed by atoms with Crippen molar-refractivity contribution in [1.29, 1.82) is 0 Å². The standard InChI is InChI=1S/C26H28N2O4/c1-30-24-9-5-7-22(15-24)26(29)28(17-23-8-2-3-12-27-23)16-20-6-4-10-25(14-20)32-19-21-11-13-31-18-21/h2-10,12,14-15,21H,11,13,16-19H2,1H3/t21-/m0/s1. The van der Waals surface area contributed by atoms with E-state index in [1.165, 1.54) is 0 Å². The molecule has 0 unspecified atom stereocenters. The zero-order valence-electron chi connectivity index (χ0n) is 18.3. The maximum Gasteiger partial charge on any atom is 0.254 e. The van der Waals surface area contributed by atoms with Gasteiger partial charge in [-0.2, -0.15) is 0 Å². The first kappa shape index (κ1) is 21.8. The van der Waals surface area contributed by atoms with Crippen molar-refractivity contribution in [2.24, 2.45) is 5.92 Å². The Bertz CT molecular complexity index is 1020. The summed E-state index contributed by atoms with van der Waals surface area (Å²) in [6.45, 7) is 3.05. The molecule has 32 heavy (non-hydrogen) atoms. The van der Waals surface area contributed by atoms with Gasteiger partial charge < -0.3 is 19.1 Å². The van der Waals surface area contributed by atoms with Crippen LogP contribution in [0.5, 0.6) is 11.5 Å². The molecule has 4 rings (SSSR count). The SMILES string of the molecule is COc1cccc(C(=O)N(Cc2cccc(OC[C@H]3CCOC3)c2)Cc2ccccn2)c1. The quantitative estimate of drug-likeness (QED) is 0.503. The van der Waals surface area contributed by atoms with Crippen LogP contribution in [0.4, 0.5) is 0 Å². The molecule has 6 nitrogen and oxygen atoms in total. The van der Waals surface area contributed by atoms with Crippen LogP contribution >= 0.6 is 0 Å². The first-order chi connectivity index (χ1) is 15.7. The summed E-state index contributed by atoms with van der Waals surface area (Å²) in [4.78, 5) is 19.6. The summed E-state index contributed by atoms with van der Waals surface area (Å²) >= 11 is 0. The fourth-order valence-electron chi connectivity index (χ4n) is 3.71. The summed E-state index contributed by atoms with van der Waals surface area (Å²) in [5.74, 6) is 1.82. The highest BCUT2D eigenvalue weighted by molar-refractivity contribution is 5.94. The summed E-state index contributed by atoms with van der Waals surface area (Å²) in [6.07, 6.45) is 2.78. The summed E-state index contributed by atoms with van der Waals surface area (Å²) in [6, 6.07) is 20.9. The van der Waals surface area contributed by atoms with Crippen molar-refractivity contribution in [2.45, 2.75) is 19.5 Å². The lowest BCUT2D eigenvalue weighted by Crippen LogP contribution is -2.30. The number of nitrogens with zero attached hydrogens (tertiary/aromatic N) is 2. The van der Waals surface area contributed by atoms with E-state index in [0.29, 0.717) is 36.9 Å². The van der Waals surface area contributed by atoms with Crippen molar-refractivity contribution in [3.05, 3.63) is 89.7 Å². The van der Waals surface area contributed by atoms with Crippen LogP contribution in [-0.2, 0) is 17.8 Å². The maximum absolute atomic E-state index is 13.4. The lowest BCUT2D eigenvalue weighted by Gasteiger charge is -2.23. The average molecular weight is 433 g/mol. The van der Waals surface area contributed by atoms with Crippen LogP contribution in [0.2, 0.25) is 0 Å². The number of hydrogen-bond acceptors (Lipinski definition) is 5. The van der Waals surface area contributed by atoms with Gasteiger partial charge in [0.1, 0.15) is 11.5 Å². The molecule has 6 heteroatoms. The number of aromatic nitrogens is 1. The van der Waals surface area contributed by atoms with Gasteiger partial charge >= 0.3 is 0 Å². The molecule has 1 amide bonds. The monoisotopic (exact) mass is 432 g/mol. The molecule has 1 aromatic heterocycles. The Morgan fingerprint density at radius 3 is 2.72 bits per heavy atom. The third-order valence-electron chi connectivity index (χ3n) is 5.46. The average Bonchev–Trinajstić information content (AvgIpc) is 3.37. The van der Waals surface area contributed by atoms with Gasteiger partial charge in [-0.3, -0.25) is 9.78 Å². The van der Waals surface area contributed by atoms with Crippen LogP contribution in [0.1, 0.15) is 28.0 Å². The Morgan fingerprint density at radius 2 is 1.94 bits per heavy atom. The van der Waals surface area contributed by atoms with Gasteiger partial charge in [-0.05, 0) is 54.4 Å². The summed E-state index contributed by atoms with van der Waals surface area (Å²) in [5, 5.41) is 0. The molecule has 0 radical (unpaired) electrons. The first-order valence-corrected chi connectivity index (χ1v) is 10.8. The highest BCUT2D eigenvalue weighted by atomic mass is 16.5. The highest BCUT2D eigenvalue weighted by Gasteiger charge is 2.19. The molecule has 1 atom stereocenters. The Balaban J connectivity index is 1.51. The molecular weight excluding hydrogens is 404 g/mol. The Hall–Kier alpha value is -3.38.